The van der Waals surface area contributed by atoms with Crippen molar-refractivity contribution in [1.29, 1.82) is 0 Å². The van der Waals surface area contributed by atoms with Crippen LogP contribution in [-0.2, 0) is 9.59 Å². The van der Waals surface area contributed by atoms with Crippen molar-refractivity contribution >= 4 is 52.7 Å². The molecular formula is C21H22ClF3N4O4S. The van der Waals surface area contributed by atoms with Gasteiger partial charge in [0, 0.05) is 17.0 Å². The Hall–Kier alpha value is -2.83. The lowest BCUT2D eigenvalue weighted by Crippen LogP contribution is -2.35. The summed E-state index contributed by atoms with van der Waals surface area (Å²) in [5, 5.41) is 16.5. The third-order valence-electron chi connectivity index (χ3n) is 4.65. The molecule has 0 atom stereocenters. The van der Waals surface area contributed by atoms with E-state index in [1.807, 2.05) is 12.3 Å². The Morgan fingerprint density at radius 3 is 2.32 bits per heavy atom. The van der Waals surface area contributed by atoms with E-state index in [-0.39, 0.29) is 17.7 Å². The maximum absolute atomic E-state index is 12.8. The third kappa shape index (κ3) is 8.50. The van der Waals surface area contributed by atoms with Gasteiger partial charge in [0.05, 0.1) is 16.3 Å². The molecule has 0 spiro atoms. The first-order chi connectivity index (χ1) is 16.0. The zero-order valence-electron chi connectivity index (χ0n) is 17.9. The molecule has 0 bridgehead atoms. The summed E-state index contributed by atoms with van der Waals surface area (Å²) in [6.07, 6.45) is -0.0871. The van der Waals surface area contributed by atoms with E-state index in [4.69, 9.17) is 21.5 Å². The quantitative estimate of drug-likeness (QED) is 0.436. The van der Waals surface area contributed by atoms with Crippen LogP contribution in [0.2, 0.25) is 5.02 Å². The van der Waals surface area contributed by atoms with E-state index in [2.05, 4.69) is 20.9 Å². The van der Waals surface area contributed by atoms with Crippen LogP contribution in [0.4, 0.5) is 24.7 Å². The number of anilines is 2. The molecule has 13 heteroatoms. The van der Waals surface area contributed by atoms with E-state index in [0.29, 0.717) is 22.1 Å². The number of carbonyl (C=O) groups excluding carboxylic acids is 2. The molecular weight excluding hydrogens is 497 g/mol. The van der Waals surface area contributed by atoms with Crippen molar-refractivity contribution in [3.05, 3.63) is 47.1 Å². The van der Waals surface area contributed by atoms with E-state index >= 15 is 0 Å². The number of halogens is 4. The fraction of sp³-hybridized carbons (Fsp3) is 0.333. The molecule has 1 aliphatic rings. The molecule has 4 N–H and O–H groups in total. The van der Waals surface area contributed by atoms with Gasteiger partial charge in [-0.3, -0.25) is 9.59 Å². The first-order valence-corrected chi connectivity index (χ1v) is 11.5. The first kappa shape index (κ1) is 27.4. The average Bonchev–Trinajstić information content (AvgIpc) is 2.81. The average molecular weight is 519 g/mol. The highest BCUT2D eigenvalue weighted by atomic mass is 35.5. The van der Waals surface area contributed by atoms with Crippen molar-refractivity contribution in [3.8, 4) is 0 Å². The van der Waals surface area contributed by atoms with Crippen molar-refractivity contribution < 1.29 is 32.7 Å². The molecule has 3 rings (SSSR count). The summed E-state index contributed by atoms with van der Waals surface area (Å²) in [7, 11) is 0. The van der Waals surface area contributed by atoms with Gasteiger partial charge in [0.15, 0.2) is 0 Å². The summed E-state index contributed by atoms with van der Waals surface area (Å²) in [6, 6.07) is 8.72. The lowest BCUT2D eigenvalue weighted by Gasteiger charge is -2.22. The number of nitrogens with zero attached hydrogens (tertiary/aromatic N) is 1. The standard InChI is InChI=1S/C19H21ClN4O2S.C2HF3O2/c1-27-14-3-4-16(23-18(25)12-6-8-21-9-7-12)15(10-14)19(26)24-17-5-2-13(20)11-22-17;3-2(4,5)1(6)7/h2-5,10-12,21H,6-9H2,1H3,(H,23,25)(H,22,24,26);(H,6,7). The van der Waals surface area contributed by atoms with Gasteiger partial charge in [-0.15, -0.1) is 11.8 Å². The van der Waals surface area contributed by atoms with Gasteiger partial charge in [-0.25, -0.2) is 9.78 Å². The number of aromatic nitrogens is 1. The number of pyridine rings is 1. The topological polar surface area (TPSA) is 120 Å². The van der Waals surface area contributed by atoms with E-state index in [0.717, 1.165) is 30.8 Å². The number of hydrogen-bond donors (Lipinski definition) is 4. The molecule has 2 aromatic rings. The van der Waals surface area contributed by atoms with Gasteiger partial charge < -0.3 is 21.1 Å². The Morgan fingerprint density at radius 2 is 1.79 bits per heavy atom. The predicted octanol–water partition coefficient (Wildman–Crippen LogP) is 4.28. The number of piperidine rings is 1. The number of carbonyl (C=O) groups is 3. The first-order valence-electron chi connectivity index (χ1n) is 9.94. The highest BCUT2D eigenvalue weighted by Crippen LogP contribution is 2.25. The molecule has 0 unspecified atom stereocenters. The van der Waals surface area contributed by atoms with Gasteiger partial charge in [-0.2, -0.15) is 13.2 Å². The Morgan fingerprint density at radius 1 is 1.15 bits per heavy atom. The van der Waals surface area contributed by atoms with Crippen LogP contribution in [0, 0.1) is 5.92 Å². The zero-order chi connectivity index (χ0) is 25.3. The number of amides is 2. The molecule has 1 aromatic heterocycles. The largest absolute Gasteiger partial charge is 0.490 e. The number of carboxylic acid groups (broad SMARTS) is 1. The smallest absolute Gasteiger partial charge is 0.475 e. The third-order valence-corrected chi connectivity index (χ3v) is 5.60. The molecule has 0 aliphatic carbocycles. The summed E-state index contributed by atoms with van der Waals surface area (Å²) < 4.78 is 31.7. The highest BCUT2D eigenvalue weighted by molar-refractivity contribution is 7.98. The zero-order valence-corrected chi connectivity index (χ0v) is 19.5. The van der Waals surface area contributed by atoms with Crippen molar-refractivity contribution in [1.82, 2.24) is 10.3 Å². The second-order valence-electron chi connectivity index (χ2n) is 7.04. The summed E-state index contributed by atoms with van der Waals surface area (Å²) in [6.45, 7) is 1.66. The van der Waals surface area contributed by atoms with Gasteiger partial charge >= 0.3 is 12.1 Å². The number of nitrogens with one attached hydrogen (secondary N) is 3. The van der Waals surface area contributed by atoms with Gasteiger partial charge in [-0.05, 0) is 62.5 Å². The fourth-order valence-corrected chi connectivity index (χ4v) is 3.45. The minimum atomic E-state index is -5.08. The Labute approximate surface area is 202 Å². The predicted molar refractivity (Wildman–Crippen MR) is 123 cm³/mol. The second-order valence-corrected chi connectivity index (χ2v) is 8.36. The van der Waals surface area contributed by atoms with E-state index in [9.17, 15) is 22.8 Å². The number of alkyl halides is 3. The van der Waals surface area contributed by atoms with Crippen molar-refractivity contribution in [2.45, 2.75) is 23.9 Å². The highest BCUT2D eigenvalue weighted by Gasteiger charge is 2.38. The molecule has 2 amide bonds. The minimum absolute atomic E-state index is 0.0414. The molecule has 34 heavy (non-hydrogen) atoms. The molecule has 1 aliphatic heterocycles. The van der Waals surface area contributed by atoms with Crippen LogP contribution in [0.15, 0.2) is 41.4 Å². The van der Waals surface area contributed by atoms with E-state index < -0.39 is 12.1 Å². The van der Waals surface area contributed by atoms with E-state index in [1.54, 1.807) is 24.3 Å². The van der Waals surface area contributed by atoms with Crippen LogP contribution in [0.25, 0.3) is 0 Å². The number of hydrogen-bond acceptors (Lipinski definition) is 6. The van der Waals surface area contributed by atoms with E-state index in [1.165, 1.54) is 18.0 Å². The van der Waals surface area contributed by atoms with Crippen LogP contribution in [-0.4, -0.2) is 53.4 Å². The van der Waals surface area contributed by atoms with Crippen LogP contribution in [0.3, 0.4) is 0 Å². The number of aliphatic carboxylic acids is 1. The van der Waals surface area contributed by atoms with Crippen molar-refractivity contribution in [2.75, 3.05) is 30.0 Å². The number of benzene rings is 1. The second kappa shape index (κ2) is 12.6. The van der Waals surface area contributed by atoms with Crippen molar-refractivity contribution in [3.63, 3.8) is 0 Å². The maximum Gasteiger partial charge on any atom is 0.490 e. The molecule has 0 saturated carbocycles. The minimum Gasteiger partial charge on any atom is -0.475 e. The number of rotatable bonds is 5. The van der Waals surface area contributed by atoms with Crippen LogP contribution in [0.5, 0.6) is 0 Å². The molecule has 0 radical (unpaired) electrons. The SMILES string of the molecule is CSc1ccc(NC(=O)C2CCNCC2)c(C(=O)Nc2ccc(Cl)cn2)c1.O=C(O)C(F)(F)F. The van der Waals surface area contributed by atoms with Gasteiger partial charge in [0.25, 0.3) is 5.91 Å². The van der Waals surface area contributed by atoms with Gasteiger partial charge in [0.1, 0.15) is 5.82 Å². The molecule has 1 fully saturated rings. The maximum atomic E-state index is 12.8. The Balaban J connectivity index is 0.000000509. The van der Waals surface area contributed by atoms with Crippen LogP contribution >= 0.6 is 23.4 Å². The lowest BCUT2D eigenvalue weighted by atomic mass is 9.97. The summed E-state index contributed by atoms with van der Waals surface area (Å²) >= 11 is 7.36. The molecule has 1 aromatic carbocycles. The van der Waals surface area contributed by atoms with Gasteiger partial charge in [-0.1, -0.05) is 11.6 Å². The monoisotopic (exact) mass is 518 g/mol. The Kier molecular flexibility index (Phi) is 10.1. The number of thioether (sulfide) groups is 1. The molecule has 184 valence electrons. The molecule has 8 nitrogen and oxygen atoms in total. The lowest BCUT2D eigenvalue weighted by molar-refractivity contribution is -0.192. The summed E-state index contributed by atoms with van der Waals surface area (Å²) in [5.74, 6) is -2.78. The number of carboxylic acids is 1. The molecule has 2 heterocycles. The Bertz CT molecular complexity index is 1020. The summed E-state index contributed by atoms with van der Waals surface area (Å²) in [5.41, 5.74) is 0.906. The normalized spacial score (nSPS) is 13.9. The fourth-order valence-electron chi connectivity index (χ4n) is 2.90. The van der Waals surface area contributed by atoms with Crippen LogP contribution in [0.1, 0.15) is 23.2 Å². The van der Waals surface area contributed by atoms with Crippen molar-refractivity contribution in [2.24, 2.45) is 5.92 Å². The molecule has 1 saturated heterocycles. The van der Waals surface area contributed by atoms with Crippen LogP contribution < -0.4 is 16.0 Å². The van der Waals surface area contributed by atoms with Gasteiger partial charge in [0.2, 0.25) is 5.91 Å². The summed E-state index contributed by atoms with van der Waals surface area (Å²) in [4.78, 5) is 39.3.